The van der Waals surface area contributed by atoms with Crippen LogP contribution in [0.4, 0.5) is 0 Å². The fraction of sp³-hybridized carbons (Fsp3) is 1.00. The molecule has 1 rings (SSSR count). The molecule has 0 aromatic carbocycles. The maximum atomic E-state index is 5.20. The lowest BCUT2D eigenvalue weighted by Crippen LogP contribution is -2.62. The molecule has 1 N–H and O–H groups in total. The largest absolute Gasteiger partial charge is 0.383 e. The van der Waals surface area contributed by atoms with Gasteiger partial charge in [-0.25, -0.2) is 0 Å². The zero-order chi connectivity index (χ0) is 12.2. The predicted octanol–water partition coefficient (Wildman–Crippen LogP) is 1.73. The Kier molecular flexibility index (Phi) is 5.22. The highest BCUT2D eigenvalue weighted by Crippen LogP contribution is 2.19. The van der Waals surface area contributed by atoms with Crippen LogP contribution in [0.3, 0.4) is 0 Å². The highest BCUT2D eigenvalue weighted by atomic mass is 16.5. The van der Waals surface area contributed by atoms with Crippen molar-refractivity contribution in [3.05, 3.63) is 0 Å². The standard InChI is InChI=1S/C13H28N2O/c1-11(2)8-12-9-14-13(3,4)10-15(12)6-7-16-5/h11-12,14H,6-10H2,1-5H3. The molecule has 0 aromatic rings. The Bertz CT molecular complexity index is 204. The summed E-state index contributed by atoms with van der Waals surface area (Å²) in [5.74, 6) is 0.762. The summed E-state index contributed by atoms with van der Waals surface area (Å²) in [6.45, 7) is 13.3. The summed E-state index contributed by atoms with van der Waals surface area (Å²) in [5, 5.41) is 3.64. The SMILES string of the molecule is COCCN1CC(C)(C)NCC1CC(C)C. The molecule has 3 heteroatoms. The fourth-order valence-corrected chi connectivity index (χ4v) is 2.46. The molecule has 0 radical (unpaired) electrons. The number of rotatable bonds is 5. The van der Waals surface area contributed by atoms with E-state index in [1.165, 1.54) is 6.42 Å². The van der Waals surface area contributed by atoms with Gasteiger partial charge >= 0.3 is 0 Å². The molecule has 1 fully saturated rings. The number of hydrogen-bond acceptors (Lipinski definition) is 3. The lowest BCUT2D eigenvalue weighted by atomic mass is 9.94. The monoisotopic (exact) mass is 228 g/mol. The number of hydrogen-bond donors (Lipinski definition) is 1. The first-order valence-corrected chi connectivity index (χ1v) is 6.42. The summed E-state index contributed by atoms with van der Waals surface area (Å²) < 4.78 is 5.20. The Morgan fingerprint density at radius 2 is 2.12 bits per heavy atom. The van der Waals surface area contributed by atoms with E-state index in [0.717, 1.165) is 32.2 Å². The zero-order valence-electron chi connectivity index (χ0n) is 11.5. The molecule has 96 valence electrons. The Hall–Kier alpha value is -0.120. The van der Waals surface area contributed by atoms with Gasteiger partial charge in [0.25, 0.3) is 0 Å². The molecule has 16 heavy (non-hydrogen) atoms. The molecule has 0 amide bonds. The van der Waals surface area contributed by atoms with E-state index in [1.807, 2.05) is 0 Å². The lowest BCUT2D eigenvalue weighted by Gasteiger charge is -2.45. The van der Waals surface area contributed by atoms with Crippen molar-refractivity contribution in [3.63, 3.8) is 0 Å². The topological polar surface area (TPSA) is 24.5 Å². The molecular weight excluding hydrogens is 200 g/mol. The number of methoxy groups -OCH3 is 1. The molecule has 3 nitrogen and oxygen atoms in total. The molecule has 1 atom stereocenters. The average molecular weight is 228 g/mol. The van der Waals surface area contributed by atoms with Crippen LogP contribution in [0.1, 0.15) is 34.1 Å². The van der Waals surface area contributed by atoms with E-state index in [1.54, 1.807) is 7.11 Å². The number of nitrogens with one attached hydrogen (secondary N) is 1. The number of nitrogens with zero attached hydrogens (tertiary/aromatic N) is 1. The Morgan fingerprint density at radius 3 is 2.69 bits per heavy atom. The van der Waals surface area contributed by atoms with Crippen LogP contribution in [0.2, 0.25) is 0 Å². The maximum absolute atomic E-state index is 5.20. The van der Waals surface area contributed by atoms with Crippen molar-refractivity contribution in [1.29, 1.82) is 0 Å². The summed E-state index contributed by atoms with van der Waals surface area (Å²) >= 11 is 0. The summed E-state index contributed by atoms with van der Waals surface area (Å²) in [7, 11) is 1.78. The molecule has 0 saturated carbocycles. The Morgan fingerprint density at radius 1 is 1.44 bits per heavy atom. The van der Waals surface area contributed by atoms with E-state index in [9.17, 15) is 0 Å². The summed E-state index contributed by atoms with van der Waals surface area (Å²) in [6.07, 6.45) is 1.27. The second-order valence-corrected chi connectivity index (χ2v) is 6.01. The molecule has 0 aromatic heterocycles. The van der Waals surface area contributed by atoms with Gasteiger partial charge in [-0.3, -0.25) is 4.90 Å². The van der Waals surface area contributed by atoms with Crippen molar-refractivity contribution >= 4 is 0 Å². The van der Waals surface area contributed by atoms with Gasteiger partial charge in [-0.05, 0) is 26.2 Å². The van der Waals surface area contributed by atoms with Gasteiger partial charge in [-0.1, -0.05) is 13.8 Å². The van der Waals surface area contributed by atoms with Gasteiger partial charge in [0, 0.05) is 38.3 Å². The van der Waals surface area contributed by atoms with Gasteiger partial charge in [-0.15, -0.1) is 0 Å². The van der Waals surface area contributed by atoms with E-state index in [4.69, 9.17) is 4.74 Å². The van der Waals surface area contributed by atoms with E-state index >= 15 is 0 Å². The summed E-state index contributed by atoms with van der Waals surface area (Å²) in [5.41, 5.74) is 0.237. The molecule has 1 unspecified atom stereocenters. The van der Waals surface area contributed by atoms with Crippen molar-refractivity contribution in [2.75, 3.05) is 33.4 Å². The van der Waals surface area contributed by atoms with E-state index in [-0.39, 0.29) is 5.54 Å². The highest BCUT2D eigenvalue weighted by molar-refractivity contribution is 4.92. The number of piperazine rings is 1. The Labute approximate surface area is 101 Å². The molecule has 1 aliphatic rings. The molecule has 1 aliphatic heterocycles. The van der Waals surface area contributed by atoms with E-state index in [2.05, 4.69) is 37.9 Å². The first-order valence-electron chi connectivity index (χ1n) is 6.42. The third-order valence-corrected chi connectivity index (χ3v) is 3.26. The maximum Gasteiger partial charge on any atom is 0.0589 e. The summed E-state index contributed by atoms with van der Waals surface area (Å²) in [4.78, 5) is 2.58. The van der Waals surface area contributed by atoms with Crippen molar-refractivity contribution in [2.24, 2.45) is 5.92 Å². The van der Waals surface area contributed by atoms with Crippen LogP contribution in [0, 0.1) is 5.92 Å². The second-order valence-electron chi connectivity index (χ2n) is 6.01. The van der Waals surface area contributed by atoms with Gasteiger partial charge in [0.2, 0.25) is 0 Å². The fourth-order valence-electron chi connectivity index (χ4n) is 2.46. The minimum Gasteiger partial charge on any atom is -0.383 e. The molecule has 0 bridgehead atoms. The van der Waals surface area contributed by atoms with Crippen molar-refractivity contribution in [3.8, 4) is 0 Å². The van der Waals surface area contributed by atoms with E-state index in [0.29, 0.717) is 6.04 Å². The molecule has 1 heterocycles. The van der Waals surface area contributed by atoms with Crippen LogP contribution in [-0.2, 0) is 4.74 Å². The molecule has 1 saturated heterocycles. The minimum absolute atomic E-state index is 0.237. The van der Waals surface area contributed by atoms with Crippen LogP contribution >= 0.6 is 0 Å². The lowest BCUT2D eigenvalue weighted by molar-refractivity contribution is 0.0556. The number of ether oxygens (including phenoxy) is 1. The van der Waals surface area contributed by atoms with Crippen molar-refractivity contribution < 1.29 is 4.74 Å². The third-order valence-electron chi connectivity index (χ3n) is 3.26. The Balaban J connectivity index is 2.53. The van der Waals surface area contributed by atoms with E-state index < -0.39 is 0 Å². The first-order chi connectivity index (χ1) is 7.44. The summed E-state index contributed by atoms with van der Waals surface area (Å²) in [6, 6.07) is 0.670. The van der Waals surface area contributed by atoms with Crippen LogP contribution in [0.5, 0.6) is 0 Å². The van der Waals surface area contributed by atoms with Gasteiger partial charge in [0.15, 0.2) is 0 Å². The van der Waals surface area contributed by atoms with Crippen LogP contribution < -0.4 is 5.32 Å². The molecule has 0 spiro atoms. The van der Waals surface area contributed by atoms with Crippen LogP contribution in [-0.4, -0.2) is 49.8 Å². The first kappa shape index (κ1) is 13.9. The van der Waals surface area contributed by atoms with Crippen molar-refractivity contribution in [1.82, 2.24) is 10.2 Å². The van der Waals surface area contributed by atoms with Crippen LogP contribution in [0.15, 0.2) is 0 Å². The highest BCUT2D eigenvalue weighted by Gasteiger charge is 2.32. The van der Waals surface area contributed by atoms with Gasteiger partial charge in [0.1, 0.15) is 0 Å². The molecular formula is C13H28N2O. The smallest absolute Gasteiger partial charge is 0.0589 e. The predicted molar refractivity (Wildman–Crippen MR) is 68.8 cm³/mol. The van der Waals surface area contributed by atoms with Crippen molar-refractivity contribution in [2.45, 2.75) is 45.7 Å². The van der Waals surface area contributed by atoms with Gasteiger partial charge < -0.3 is 10.1 Å². The minimum atomic E-state index is 0.237. The average Bonchev–Trinajstić information content (AvgIpc) is 2.17. The normalized spacial score (nSPS) is 26.2. The van der Waals surface area contributed by atoms with Gasteiger partial charge in [-0.2, -0.15) is 0 Å². The quantitative estimate of drug-likeness (QED) is 0.775. The van der Waals surface area contributed by atoms with Crippen LogP contribution in [0.25, 0.3) is 0 Å². The van der Waals surface area contributed by atoms with Gasteiger partial charge in [0.05, 0.1) is 6.61 Å². The second kappa shape index (κ2) is 5.99. The zero-order valence-corrected chi connectivity index (χ0v) is 11.5. The molecule has 0 aliphatic carbocycles. The third kappa shape index (κ3) is 4.40.